The number of rotatable bonds is 5. The Morgan fingerprint density at radius 2 is 1.91 bits per heavy atom. The van der Waals surface area contributed by atoms with Gasteiger partial charge >= 0.3 is 0 Å². The van der Waals surface area contributed by atoms with Crippen molar-refractivity contribution in [3.05, 3.63) is 77.1 Å². The minimum Gasteiger partial charge on any atom is -0.378 e. The normalized spacial score (nSPS) is 14.9. The topological polar surface area (TPSA) is 112 Å². The number of benzene rings is 2. The van der Waals surface area contributed by atoms with Crippen LogP contribution >= 0.6 is 0 Å². The number of imidazole rings is 1. The SMILES string of the molecule is CC(Nc1c(-c2nc3ccc(N4CCOCC4)cc3[nH]2)c(=O)[nH]c2ccccc12)c1cnccn1. The van der Waals surface area contributed by atoms with Gasteiger partial charge in [0.15, 0.2) is 0 Å². The molecule has 1 fully saturated rings. The number of hydrogen-bond acceptors (Lipinski definition) is 7. The molecule has 3 aromatic heterocycles. The highest BCUT2D eigenvalue weighted by Crippen LogP contribution is 2.33. The number of ether oxygens (including phenoxy) is 1. The van der Waals surface area contributed by atoms with Gasteiger partial charge < -0.3 is 24.9 Å². The molecule has 1 unspecified atom stereocenters. The Hall–Kier alpha value is -4.24. The van der Waals surface area contributed by atoms with Crippen LogP contribution in [0.25, 0.3) is 33.3 Å². The molecule has 0 bridgehead atoms. The summed E-state index contributed by atoms with van der Waals surface area (Å²) in [7, 11) is 0. The van der Waals surface area contributed by atoms with Crippen molar-refractivity contribution in [1.82, 2.24) is 24.9 Å². The van der Waals surface area contributed by atoms with Crippen LogP contribution in [0.2, 0.25) is 0 Å². The molecule has 0 aliphatic carbocycles. The third kappa shape index (κ3) is 4.00. The van der Waals surface area contributed by atoms with Crippen LogP contribution in [0.1, 0.15) is 18.7 Å². The quantitative estimate of drug-likeness (QED) is 0.360. The molecule has 1 aliphatic rings. The Bertz CT molecular complexity index is 1560. The summed E-state index contributed by atoms with van der Waals surface area (Å²) in [5, 5.41) is 4.41. The second kappa shape index (κ2) is 8.84. The van der Waals surface area contributed by atoms with E-state index in [0.717, 1.165) is 59.6 Å². The van der Waals surface area contributed by atoms with Gasteiger partial charge in [-0.1, -0.05) is 18.2 Å². The molecule has 5 aromatic rings. The summed E-state index contributed by atoms with van der Waals surface area (Å²) in [6.45, 7) is 5.14. The Balaban J connectivity index is 1.47. The van der Waals surface area contributed by atoms with Crippen LogP contribution < -0.4 is 15.8 Å². The molecule has 1 saturated heterocycles. The molecular formula is C26H25N7O2. The average molecular weight is 468 g/mol. The lowest BCUT2D eigenvalue weighted by molar-refractivity contribution is 0.122. The molecular weight excluding hydrogens is 442 g/mol. The van der Waals surface area contributed by atoms with Crippen LogP contribution in [0.5, 0.6) is 0 Å². The lowest BCUT2D eigenvalue weighted by Crippen LogP contribution is -2.36. The smallest absolute Gasteiger partial charge is 0.261 e. The van der Waals surface area contributed by atoms with Crippen LogP contribution in [0.15, 0.2) is 65.8 Å². The van der Waals surface area contributed by atoms with E-state index < -0.39 is 0 Å². The number of pyridine rings is 1. The monoisotopic (exact) mass is 467 g/mol. The number of aromatic amines is 2. The Kier molecular flexibility index (Phi) is 5.38. The molecule has 3 N–H and O–H groups in total. The summed E-state index contributed by atoms with van der Waals surface area (Å²) in [5.74, 6) is 0.514. The van der Waals surface area contributed by atoms with Crippen LogP contribution in [0.3, 0.4) is 0 Å². The van der Waals surface area contributed by atoms with Crippen LogP contribution in [0.4, 0.5) is 11.4 Å². The summed E-state index contributed by atoms with van der Waals surface area (Å²) in [4.78, 5) is 35.5. The van der Waals surface area contributed by atoms with E-state index >= 15 is 0 Å². The first-order chi connectivity index (χ1) is 17.2. The van der Waals surface area contributed by atoms with Crippen molar-refractivity contribution < 1.29 is 4.74 Å². The largest absolute Gasteiger partial charge is 0.378 e. The zero-order chi connectivity index (χ0) is 23.8. The van der Waals surface area contributed by atoms with Gasteiger partial charge in [-0.25, -0.2) is 4.98 Å². The van der Waals surface area contributed by atoms with E-state index in [2.05, 4.69) is 42.3 Å². The van der Waals surface area contributed by atoms with Crippen molar-refractivity contribution in [2.75, 3.05) is 36.5 Å². The lowest BCUT2D eigenvalue weighted by Gasteiger charge is -2.28. The molecule has 9 heteroatoms. The van der Waals surface area contributed by atoms with Gasteiger partial charge in [0.1, 0.15) is 11.4 Å². The molecule has 6 rings (SSSR count). The molecule has 1 atom stereocenters. The van der Waals surface area contributed by atoms with E-state index in [9.17, 15) is 4.79 Å². The van der Waals surface area contributed by atoms with Crippen molar-refractivity contribution in [1.29, 1.82) is 0 Å². The molecule has 0 radical (unpaired) electrons. The zero-order valence-electron chi connectivity index (χ0n) is 19.3. The van der Waals surface area contributed by atoms with Gasteiger partial charge in [0, 0.05) is 36.6 Å². The van der Waals surface area contributed by atoms with Crippen molar-refractivity contribution in [2.24, 2.45) is 0 Å². The average Bonchev–Trinajstić information content (AvgIpc) is 3.32. The molecule has 35 heavy (non-hydrogen) atoms. The molecule has 9 nitrogen and oxygen atoms in total. The van der Waals surface area contributed by atoms with Crippen molar-refractivity contribution >= 4 is 33.3 Å². The number of morpholine rings is 1. The molecule has 0 amide bonds. The first-order valence-electron chi connectivity index (χ1n) is 11.7. The molecule has 0 spiro atoms. The number of para-hydroxylation sites is 1. The van der Waals surface area contributed by atoms with E-state index in [-0.39, 0.29) is 11.6 Å². The summed E-state index contributed by atoms with van der Waals surface area (Å²) in [6.07, 6.45) is 5.03. The van der Waals surface area contributed by atoms with Gasteiger partial charge in [-0.3, -0.25) is 14.8 Å². The number of H-pyrrole nitrogens is 2. The number of anilines is 2. The molecule has 176 valence electrons. The third-order valence-electron chi connectivity index (χ3n) is 6.39. The zero-order valence-corrected chi connectivity index (χ0v) is 19.3. The summed E-state index contributed by atoms with van der Waals surface area (Å²) in [5.41, 5.74) is 5.27. The maximum absolute atomic E-state index is 13.4. The van der Waals surface area contributed by atoms with Crippen LogP contribution in [-0.4, -0.2) is 51.2 Å². The van der Waals surface area contributed by atoms with Crippen LogP contribution in [-0.2, 0) is 4.74 Å². The highest BCUT2D eigenvalue weighted by Gasteiger charge is 2.21. The number of nitrogens with zero attached hydrogens (tertiary/aromatic N) is 4. The van der Waals surface area contributed by atoms with Crippen molar-refractivity contribution in [2.45, 2.75) is 13.0 Å². The van der Waals surface area contributed by atoms with E-state index in [1.165, 1.54) is 0 Å². The fraction of sp³-hybridized carbons (Fsp3) is 0.231. The minimum atomic E-state index is -0.218. The van der Waals surface area contributed by atoms with E-state index in [1.54, 1.807) is 18.6 Å². The summed E-state index contributed by atoms with van der Waals surface area (Å²) >= 11 is 0. The van der Waals surface area contributed by atoms with Gasteiger partial charge in [0.25, 0.3) is 5.56 Å². The second-order valence-corrected chi connectivity index (χ2v) is 8.63. The Labute approximate surface area is 201 Å². The first kappa shape index (κ1) is 21.3. The first-order valence-corrected chi connectivity index (χ1v) is 11.7. The fourth-order valence-corrected chi connectivity index (χ4v) is 4.58. The number of fused-ring (bicyclic) bond motifs is 2. The molecule has 0 saturated carbocycles. The second-order valence-electron chi connectivity index (χ2n) is 8.63. The lowest BCUT2D eigenvalue weighted by atomic mass is 10.1. The highest BCUT2D eigenvalue weighted by molar-refractivity contribution is 5.99. The van der Waals surface area contributed by atoms with Gasteiger partial charge in [0.05, 0.1) is 53.4 Å². The molecule has 4 heterocycles. The minimum absolute atomic E-state index is 0.176. The molecule has 1 aliphatic heterocycles. The number of aromatic nitrogens is 5. The highest BCUT2D eigenvalue weighted by atomic mass is 16.5. The van der Waals surface area contributed by atoms with E-state index in [4.69, 9.17) is 9.72 Å². The maximum atomic E-state index is 13.4. The third-order valence-corrected chi connectivity index (χ3v) is 6.39. The summed E-state index contributed by atoms with van der Waals surface area (Å²) in [6, 6.07) is 13.7. The number of nitrogens with one attached hydrogen (secondary N) is 3. The fourth-order valence-electron chi connectivity index (χ4n) is 4.58. The molecule has 2 aromatic carbocycles. The number of hydrogen-bond donors (Lipinski definition) is 3. The standard InChI is InChI=1S/C26H25N7O2/c1-16(22-15-27-8-9-28-22)29-24-18-4-2-3-5-19(18)32-26(34)23(24)25-30-20-7-6-17(14-21(20)31-25)33-10-12-35-13-11-33/h2-9,14-16H,10-13H2,1H3,(H,30,31)(H2,29,32,34). The summed E-state index contributed by atoms with van der Waals surface area (Å²) < 4.78 is 5.48. The van der Waals surface area contributed by atoms with E-state index in [1.807, 2.05) is 37.3 Å². The van der Waals surface area contributed by atoms with Crippen molar-refractivity contribution in [3.63, 3.8) is 0 Å². The predicted octanol–water partition coefficient (Wildman–Crippen LogP) is 3.87. The predicted molar refractivity (Wildman–Crippen MR) is 137 cm³/mol. The van der Waals surface area contributed by atoms with Gasteiger partial charge in [-0.15, -0.1) is 0 Å². The van der Waals surface area contributed by atoms with Gasteiger partial charge in [-0.05, 0) is 31.2 Å². The van der Waals surface area contributed by atoms with Gasteiger partial charge in [-0.2, -0.15) is 0 Å². The Morgan fingerprint density at radius 3 is 2.74 bits per heavy atom. The van der Waals surface area contributed by atoms with Gasteiger partial charge in [0.2, 0.25) is 0 Å². The van der Waals surface area contributed by atoms with Crippen LogP contribution in [0, 0.1) is 0 Å². The maximum Gasteiger partial charge on any atom is 0.261 e. The Morgan fingerprint density at radius 1 is 1.06 bits per heavy atom. The van der Waals surface area contributed by atoms with Crippen molar-refractivity contribution in [3.8, 4) is 11.4 Å². The van der Waals surface area contributed by atoms with E-state index in [0.29, 0.717) is 17.1 Å².